The molecule has 3 amide bonds. The Balaban J connectivity index is 1.55. The number of halogens is 2. The predicted octanol–water partition coefficient (Wildman–Crippen LogP) is 5.32. The van der Waals surface area contributed by atoms with E-state index >= 15 is 0 Å². The minimum absolute atomic E-state index is 0.0760. The lowest BCUT2D eigenvalue weighted by molar-refractivity contribution is -0.139. The van der Waals surface area contributed by atoms with E-state index in [4.69, 9.17) is 16.3 Å². The van der Waals surface area contributed by atoms with E-state index in [9.17, 15) is 19.5 Å². The molecule has 3 unspecified atom stereocenters. The Morgan fingerprint density at radius 1 is 1.09 bits per heavy atom. The number of carbonyl (C=O) groups is 3. The van der Waals surface area contributed by atoms with Gasteiger partial charge < -0.3 is 24.5 Å². The number of rotatable bonds is 13. The highest BCUT2D eigenvalue weighted by Gasteiger charge is 2.76. The van der Waals surface area contributed by atoms with E-state index in [0.717, 1.165) is 0 Å². The number of carbonyl (C=O) groups excluding carboxylic acids is 3. The van der Waals surface area contributed by atoms with Crippen molar-refractivity contribution in [1.29, 1.82) is 0 Å². The SMILES string of the molecule is C=CCN(C(=O)C1N(CCCO)C(=O)[C@@H]2[C@H](C(=O)N(CC=C)c3ccc(OCC)cc3)[C@H]3SC12CC3Br)c1ccc(Cl)cc1. The Bertz CT molecular complexity index is 1410. The Morgan fingerprint density at radius 3 is 2.25 bits per heavy atom. The van der Waals surface area contributed by atoms with Gasteiger partial charge in [-0.15, -0.1) is 24.9 Å². The number of hydrogen-bond donors (Lipinski definition) is 1. The summed E-state index contributed by atoms with van der Waals surface area (Å²) in [4.78, 5) is 48.4. The molecule has 234 valence electrons. The molecule has 3 heterocycles. The molecule has 3 aliphatic heterocycles. The summed E-state index contributed by atoms with van der Waals surface area (Å²) in [6.45, 7) is 10.8. The highest BCUT2D eigenvalue weighted by molar-refractivity contribution is 9.09. The Hall–Kier alpha value is -2.79. The third-order valence-corrected chi connectivity index (χ3v) is 12.1. The van der Waals surface area contributed by atoms with Crippen molar-refractivity contribution < 1.29 is 24.2 Å². The number of aliphatic hydroxyl groups is 1. The lowest BCUT2D eigenvalue weighted by Crippen LogP contribution is -2.56. The third-order valence-electron chi connectivity index (χ3n) is 8.62. The minimum Gasteiger partial charge on any atom is -0.494 e. The number of ether oxygens (including phenoxy) is 1. The number of fused-ring (bicyclic) bond motifs is 1. The van der Waals surface area contributed by atoms with Crippen molar-refractivity contribution in [2.75, 3.05) is 42.6 Å². The highest BCUT2D eigenvalue weighted by Crippen LogP contribution is 2.68. The molecule has 2 aromatic rings. The van der Waals surface area contributed by atoms with E-state index in [-0.39, 0.29) is 54.0 Å². The summed E-state index contributed by atoms with van der Waals surface area (Å²) in [5.74, 6) is -1.28. The molecule has 3 saturated heterocycles. The van der Waals surface area contributed by atoms with Gasteiger partial charge in [-0.2, -0.15) is 0 Å². The normalized spacial score (nSPS) is 26.8. The zero-order valence-corrected chi connectivity index (χ0v) is 27.8. The smallest absolute Gasteiger partial charge is 0.251 e. The summed E-state index contributed by atoms with van der Waals surface area (Å²) in [6.07, 6.45) is 4.20. The van der Waals surface area contributed by atoms with Crippen LogP contribution < -0.4 is 14.5 Å². The minimum atomic E-state index is -0.826. The van der Waals surface area contributed by atoms with Crippen LogP contribution in [0.4, 0.5) is 11.4 Å². The van der Waals surface area contributed by atoms with E-state index in [1.165, 1.54) is 0 Å². The summed E-state index contributed by atoms with van der Waals surface area (Å²) in [5, 5.41) is 10.1. The number of hydrogen-bond acceptors (Lipinski definition) is 6. The van der Waals surface area contributed by atoms with Gasteiger partial charge in [-0.3, -0.25) is 14.4 Å². The molecular formula is C33H37BrClN3O5S. The fourth-order valence-electron chi connectivity index (χ4n) is 6.91. The molecule has 1 spiro atoms. The monoisotopic (exact) mass is 701 g/mol. The van der Waals surface area contributed by atoms with Crippen molar-refractivity contribution >= 4 is 68.4 Å². The van der Waals surface area contributed by atoms with Crippen molar-refractivity contribution in [1.82, 2.24) is 4.90 Å². The molecule has 3 aliphatic rings. The van der Waals surface area contributed by atoms with E-state index in [0.29, 0.717) is 41.6 Å². The van der Waals surface area contributed by atoms with Crippen molar-refractivity contribution in [2.24, 2.45) is 11.8 Å². The second-order valence-corrected chi connectivity index (χ2v) is 14.3. The van der Waals surface area contributed by atoms with Crippen LogP contribution in [0.2, 0.25) is 5.02 Å². The molecule has 0 aromatic heterocycles. The first-order chi connectivity index (χ1) is 21.2. The molecule has 2 aromatic carbocycles. The van der Waals surface area contributed by atoms with Gasteiger partial charge in [0.2, 0.25) is 11.8 Å². The first kappa shape index (κ1) is 32.6. The van der Waals surface area contributed by atoms with Crippen LogP contribution in [-0.2, 0) is 14.4 Å². The van der Waals surface area contributed by atoms with Crippen molar-refractivity contribution in [3.05, 3.63) is 78.9 Å². The number of benzene rings is 2. The van der Waals surface area contributed by atoms with Crippen molar-refractivity contribution in [3.8, 4) is 5.75 Å². The van der Waals surface area contributed by atoms with Crippen LogP contribution >= 0.6 is 39.3 Å². The second-order valence-electron chi connectivity index (χ2n) is 11.2. The molecule has 3 fully saturated rings. The van der Waals surface area contributed by atoms with Crippen LogP contribution in [0.1, 0.15) is 19.8 Å². The van der Waals surface area contributed by atoms with Gasteiger partial charge in [0.25, 0.3) is 5.91 Å². The van der Waals surface area contributed by atoms with Gasteiger partial charge >= 0.3 is 0 Å². The van der Waals surface area contributed by atoms with E-state index in [2.05, 4.69) is 29.1 Å². The molecule has 0 radical (unpaired) electrons. The largest absolute Gasteiger partial charge is 0.494 e. The molecule has 6 atom stereocenters. The topological polar surface area (TPSA) is 90.4 Å². The molecule has 0 aliphatic carbocycles. The van der Waals surface area contributed by atoms with E-state index < -0.39 is 22.6 Å². The fourth-order valence-corrected chi connectivity index (χ4v) is 10.6. The lowest BCUT2D eigenvalue weighted by atomic mass is 9.70. The van der Waals surface area contributed by atoms with Gasteiger partial charge in [0.1, 0.15) is 11.8 Å². The third kappa shape index (κ3) is 5.70. The zero-order chi connectivity index (χ0) is 31.6. The van der Waals surface area contributed by atoms with Gasteiger partial charge in [0.15, 0.2) is 0 Å². The standard InChI is InChI=1S/C33H37BrClN3O5S/c1-4-16-36(23-12-14-24(15-13-23)43-6-3)30(40)26-27-31(41)38(18-7-19-39)29(33(27)20-25(34)28(26)44-33)32(42)37(17-5-2)22-10-8-21(35)9-11-22/h4-5,8-15,25-29,39H,1-2,6-7,16-20H2,3H3/t25?,26-,27-,28-,29?,33?/m0/s1. The number of anilines is 2. The van der Waals surface area contributed by atoms with Crippen LogP contribution in [0.15, 0.2) is 73.8 Å². The Kier molecular flexibility index (Phi) is 10.1. The van der Waals surface area contributed by atoms with Gasteiger partial charge in [-0.1, -0.05) is 39.7 Å². The Morgan fingerprint density at radius 2 is 1.68 bits per heavy atom. The molecule has 2 bridgehead atoms. The van der Waals surface area contributed by atoms with Gasteiger partial charge in [0.05, 0.1) is 23.2 Å². The maximum Gasteiger partial charge on any atom is 0.251 e. The number of amides is 3. The van der Waals surface area contributed by atoms with Crippen molar-refractivity contribution in [3.63, 3.8) is 0 Å². The summed E-state index contributed by atoms with van der Waals surface area (Å²) in [6, 6.07) is 13.5. The predicted molar refractivity (Wildman–Crippen MR) is 180 cm³/mol. The first-order valence-electron chi connectivity index (χ1n) is 14.8. The molecular weight excluding hydrogens is 666 g/mol. The maximum absolute atomic E-state index is 14.6. The lowest BCUT2D eigenvalue weighted by Gasteiger charge is -2.38. The first-order valence-corrected chi connectivity index (χ1v) is 17.0. The number of thioether (sulfide) groups is 1. The van der Waals surface area contributed by atoms with E-state index in [1.807, 2.05) is 31.2 Å². The molecule has 44 heavy (non-hydrogen) atoms. The number of aliphatic hydroxyl groups excluding tert-OH is 1. The molecule has 11 heteroatoms. The maximum atomic E-state index is 14.6. The fraction of sp³-hybridized carbons (Fsp3) is 0.424. The number of likely N-dealkylation sites (tertiary alicyclic amines) is 1. The van der Waals surface area contributed by atoms with Gasteiger partial charge in [-0.05, 0) is 68.3 Å². The zero-order valence-electron chi connectivity index (χ0n) is 24.6. The molecule has 0 saturated carbocycles. The number of alkyl halides is 1. The van der Waals surface area contributed by atoms with Crippen LogP contribution in [0.25, 0.3) is 0 Å². The summed E-state index contributed by atoms with van der Waals surface area (Å²) >= 11 is 11.6. The van der Waals surface area contributed by atoms with Crippen LogP contribution in [0.5, 0.6) is 5.75 Å². The van der Waals surface area contributed by atoms with Gasteiger partial charge in [-0.25, -0.2) is 0 Å². The number of nitrogens with zero attached hydrogens (tertiary/aromatic N) is 3. The van der Waals surface area contributed by atoms with Gasteiger partial charge in [0, 0.05) is 52.7 Å². The average molecular weight is 703 g/mol. The summed E-state index contributed by atoms with van der Waals surface area (Å²) in [5.41, 5.74) is 1.32. The quantitative estimate of drug-likeness (QED) is 0.225. The van der Waals surface area contributed by atoms with Crippen molar-refractivity contribution in [2.45, 2.75) is 40.6 Å². The second kappa shape index (κ2) is 13.7. The van der Waals surface area contributed by atoms with Crippen LogP contribution in [0, 0.1) is 11.8 Å². The van der Waals surface area contributed by atoms with Crippen LogP contribution in [0.3, 0.4) is 0 Å². The highest BCUT2D eigenvalue weighted by atomic mass is 79.9. The summed E-state index contributed by atoms with van der Waals surface area (Å²) < 4.78 is 4.76. The summed E-state index contributed by atoms with van der Waals surface area (Å²) in [7, 11) is 0. The molecule has 1 N–H and O–H groups in total. The van der Waals surface area contributed by atoms with Crippen LogP contribution in [-0.4, -0.2) is 81.4 Å². The van der Waals surface area contributed by atoms with E-state index in [1.54, 1.807) is 62.9 Å². The molecule has 8 nitrogen and oxygen atoms in total. The Labute approximate surface area is 276 Å². The molecule has 5 rings (SSSR count). The average Bonchev–Trinajstić information content (AvgIpc) is 3.61.